The molecule has 1 aliphatic carbocycles. The smallest absolute Gasteiger partial charge is 0.415 e. The second kappa shape index (κ2) is 11.0. The molecule has 2 aromatic rings. The van der Waals surface area contributed by atoms with Crippen LogP contribution in [0.5, 0.6) is 0 Å². The molecule has 2 aromatic carbocycles. The summed E-state index contributed by atoms with van der Waals surface area (Å²) in [5, 5.41) is 11.5. The monoisotopic (exact) mass is 568 g/mol. The number of amides is 1. The van der Waals surface area contributed by atoms with Gasteiger partial charge in [-0.05, 0) is 60.4 Å². The minimum Gasteiger partial charge on any atom is -0.478 e. The van der Waals surface area contributed by atoms with Crippen LogP contribution in [0.4, 0.5) is 14.9 Å². The van der Waals surface area contributed by atoms with Gasteiger partial charge in [-0.3, -0.25) is 9.80 Å². The van der Waals surface area contributed by atoms with Crippen LogP contribution >= 0.6 is 11.6 Å². The van der Waals surface area contributed by atoms with Crippen molar-refractivity contribution < 1.29 is 23.8 Å². The summed E-state index contributed by atoms with van der Waals surface area (Å²) in [5.41, 5.74) is 6.09. The van der Waals surface area contributed by atoms with E-state index in [4.69, 9.17) is 21.4 Å². The molecule has 0 bridgehead atoms. The molecule has 8 nitrogen and oxygen atoms in total. The molecule has 1 amide bonds. The van der Waals surface area contributed by atoms with Crippen LogP contribution in [-0.2, 0) is 4.74 Å². The largest absolute Gasteiger partial charge is 0.478 e. The van der Waals surface area contributed by atoms with Gasteiger partial charge in [-0.2, -0.15) is 0 Å². The third-order valence-corrected chi connectivity index (χ3v) is 9.06. The SMILES string of the molecule is O=C(O)c1ccc(N2CC3(CCN(CC4=CN(C5CCCCC5)NC4c4ccc(F)c(Cl)c4)CC3)OC2=O)cc1. The van der Waals surface area contributed by atoms with Gasteiger partial charge in [0.1, 0.15) is 11.4 Å². The molecule has 6 rings (SSSR count). The van der Waals surface area contributed by atoms with Crippen LogP contribution in [0.15, 0.2) is 54.2 Å². The van der Waals surface area contributed by atoms with Crippen LogP contribution in [0.1, 0.15) is 66.9 Å². The number of anilines is 1. The van der Waals surface area contributed by atoms with E-state index in [0.717, 1.165) is 38.0 Å². The Morgan fingerprint density at radius 2 is 1.82 bits per heavy atom. The zero-order valence-electron chi connectivity index (χ0n) is 22.3. The quantitative estimate of drug-likeness (QED) is 0.459. The fourth-order valence-corrected chi connectivity index (χ4v) is 6.64. The van der Waals surface area contributed by atoms with Gasteiger partial charge in [-0.25, -0.2) is 19.4 Å². The average Bonchev–Trinajstić information content (AvgIpc) is 3.53. The Morgan fingerprint density at radius 1 is 1.10 bits per heavy atom. The first-order valence-electron chi connectivity index (χ1n) is 14.1. The summed E-state index contributed by atoms with van der Waals surface area (Å²) in [6.07, 6.45) is 9.31. The van der Waals surface area contributed by atoms with E-state index in [1.165, 1.54) is 43.0 Å². The Labute approximate surface area is 238 Å². The number of likely N-dealkylation sites (tertiary alicyclic amines) is 1. The first kappa shape index (κ1) is 27.1. The van der Waals surface area contributed by atoms with Crippen molar-refractivity contribution in [2.45, 2.75) is 62.6 Å². The van der Waals surface area contributed by atoms with Gasteiger partial charge in [0.2, 0.25) is 0 Å². The Kier molecular flexibility index (Phi) is 7.46. The van der Waals surface area contributed by atoms with E-state index in [9.17, 15) is 14.0 Å². The number of carboxylic acids is 1. The van der Waals surface area contributed by atoms with Gasteiger partial charge in [-0.1, -0.05) is 36.9 Å². The summed E-state index contributed by atoms with van der Waals surface area (Å²) < 4.78 is 19.9. The molecule has 0 aromatic heterocycles. The van der Waals surface area contributed by atoms with Gasteiger partial charge in [-0.15, -0.1) is 0 Å². The number of hydrogen-bond donors (Lipinski definition) is 2. The highest BCUT2D eigenvalue weighted by atomic mass is 35.5. The minimum atomic E-state index is -1.00. The molecule has 2 saturated heterocycles. The molecule has 3 heterocycles. The number of halogens is 2. The van der Waals surface area contributed by atoms with Crippen molar-refractivity contribution in [1.29, 1.82) is 0 Å². The van der Waals surface area contributed by atoms with E-state index < -0.39 is 23.5 Å². The molecule has 212 valence electrons. The number of nitrogens with zero attached hydrogens (tertiary/aromatic N) is 3. The third-order valence-electron chi connectivity index (χ3n) is 8.77. The third kappa shape index (κ3) is 5.42. The fourth-order valence-electron chi connectivity index (χ4n) is 6.45. The van der Waals surface area contributed by atoms with Crippen molar-refractivity contribution >= 4 is 29.4 Å². The minimum absolute atomic E-state index is 0.0792. The highest BCUT2D eigenvalue weighted by Crippen LogP contribution is 2.38. The molecular weight excluding hydrogens is 535 g/mol. The number of hydrogen-bond acceptors (Lipinski definition) is 6. The van der Waals surface area contributed by atoms with Gasteiger partial charge < -0.3 is 14.9 Å². The highest BCUT2D eigenvalue weighted by Gasteiger charge is 2.47. The second-order valence-corrected chi connectivity index (χ2v) is 11.8. The number of nitrogens with one attached hydrogen (secondary N) is 1. The normalized spacial score (nSPS) is 23.5. The van der Waals surface area contributed by atoms with Crippen molar-refractivity contribution in [1.82, 2.24) is 15.3 Å². The maximum absolute atomic E-state index is 13.9. The van der Waals surface area contributed by atoms with Crippen LogP contribution in [0.3, 0.4) is 0 Å². The van der Waals surface area contributed by atoms with Gasteiger partial charge in [0, 0.05) is 50.4 Å². The molecule has 1 unspecified atom stereocenters. The molecule has 2 N–H and O–H groups in total. The summed E-state index contributed by atoms with van der Waals surface area (Å²) >= 11 is 6.16. The number of benzene rings is 2. The van der Waals surface area contributed by atoms with Gasteiger partial charge in [0.05, 0.1) is 23.2 Å². The van der Waals surface area contributed by atoms with Gasteiger partial charge in [0.25, 0.3) is 0 Å². The topological polar surface area (TPSA) is 85.3 Å². The number of rotatable bonds is 6. The Hall–Kier alpha value is -3.14. The first-order valence-corrected chi connectivity index (χ1v) is 14.4. The number of carbonyl (C=O) groups excluding carboxylic acids is 1. The lowest BCUT2D eigenvalue weighted by molar-refractivity contribution is 0.00279. The highest BCUT2D eigenvalue weighted by molar-refractivity contribution is 6.30. The standard InChI is InChI=1S/C30H34ClFN4O4/c31-25-16-21(8-11-26(25)32)27-22(18-36(33-27)24-4-2-1-3-5-24)17-34-14-12-30(13-15-34)19-35(29(39)40-30)23-9-6-20(7-10-23)28(37)38/h6-11,16,18,24,27,33H,1-5,12-15,17,19H2,(H,37,38). The number of carboxylic acid groups (broad SMARTS) is 1. The molecule has 3 aliphatic heterocycles. The van der Waals surface area contributed by atoms with Crippen LogP contribution in [0.2, 0.25) is 5.02 Å². The van der Waals surface area contributed by atoms with Crippen LogP contribution in [0, 0.1) is 5.82 Å². The fraction of sp³-hybridized carbons (Fsp3) is 0.467. The van der Waals surface area contributed by atoms with E-state index in [0.29, 0.717) is 31.1 Å². The number of carbonyl (C=O) groups is 2. The van der Waals surface area contributed by atoms with Crippen LogP contribution in [-0.4, -0.2) is 64.9 Å². The Balaban J connectivity index is 1.13. The van der Waals surface area contributed by atoms with E-state index in [1.54, 1.807) is 29.2 Å². The second-order valence-electron chi connectivity index (χ2n) is 11.4. The van der Waals surface area contributed by atoms with E-state index in [1.807, 2.05) is 0 Å². The number of hydrazine groups is 1. The molecule has 1 atom stereocenters. The van der Waals surface area contributed by atoms with Crippen LogP contribution in [0.25, 0.3) is 0 Å². The maximum atomic E-state index is 13.9. The molecular formula is C30H34ClFN4O4. The van der Waals surface area contributed by atoms with E-state index >= 15 is 0 Å². The zero-order chi connectivity index (χ0) is 27.9. The van der Waals surface area contributed by atoms with Gasteiger partial charge >= 0.3 is 12.1 Å². The Bertz CT molecular complexity index is 1310. The molecule has 40 heavy (non-hydrogen) atoms. The van der Waals surface area contributed by atoms with Crippen molar-refractivity contribution in [2.75, 3.05) is 31.1 Å². The lowest BCUT2D eigenvalue weighted by Crippen LogP contribution is -2.47. The summed E-state index contributed by atoms with van der Waals surface area (Å²) in [6.45, 7) is 2.75. The Morgan fingerprint density at radius 3 is 2.50 bits per heavy atom. The number of piperidine rings is 1. The summed E-state index contributed by atoms with van der Waals surface area (Å²) in [5.74, 6) is -1.42. The average molecular weight is 569 g/mol. The predicted octanol–water partition coefficient (Wildman–Crippen LogP) is 5.75. The summed E-state index contributed by atoms with van der Waals surface area (Å²) in [7, 11) is 0. The molecule has 0 radical (unpaired) electrons. The van der Waals surface area contributed by atoms with Gasteiger partial charge in [0.15, 0.2) is 0 Å². The van der Waals surface area contributed by atoms with E-state index in [2.05, 4.69) is 21.5 Å². The summed E-state index contributed by atoms with van der Waals surface area (Å²) in [6, 6.07) is 11.6. The number of ether oxygens (including phenoxy) is 1. The molecule has 1 saturated carbocycles. The molecule has 1 spiro atoms. The summed E-state index contributed by atoms with van der Waals surface area (Å²) in [4.78, 5) is 27.9. The number of aromatic carboxylic acids is 1. The van der Waals surface area contributed by atoms with Crippen molar-refractivity contribution in [3.8, 4) is 0 Å². The predicted molar refractivity (Wildman–Crippen MR) is 150 cm³/mol. The maximum Gasteiger partial charge on any atom is 0.415 e. The molecule has 10 heteroatoms. The van der Waals surface area contributed by atoms with Crippen molar-refractivity contribution in [2.24, 2.45) is 0 Å². The first-order chi connectivity index (χ1) is 19.3. The molecule has 3 fully saturated rings. The lowest BCUT2D eigenvalue weighted by Gasteiger charge is -2.38. The van der Waals surface area contributed by atoms with Crippen molar-refractivity contribution in [3.05, 3.63) is 76.2 Å². The van der Waals surface area contributed by atoms with Crippen LogP contribution < -0.4 is 10.3 Å². The van der Waals surface area contributed by atoms with Crippen molar-refractivity contribution in [3.63, 3.8) is 0 Å². The molecule has 4 aliphatic rings. The van der Waals surface area contributed by atoms with E-state index in [-0.39, 0.29) is 16.6 Å². The zero-order valence-corrected chi connectivity index (χ0v) is 23.1. The lowest BCUT2D eigenvalue weighted by atomic mass is 9.90.